The molecule has 10 heavy (non-hydrogen) atoms. The van der Waals surface area contributed by atoms with Gasteiger partial charge in [-0.1, -0.05) is 13.8 Å². The zero-order chi connectivity index (χ0) is 7.98. The highest BCUT2D eigenvalue weighted by molar-refractivity contribution is 5.46. The Morgan fingerprint density at radius 1 is 1.50 bits per heavy atom. The van der Waals surface area contributed by atoms with Crippen LogP contribution in [-0.4, -0.2) is 30.6 Å². The summed E-state index contributed by atoms with van der Waals surface area (Å²) in [6.45, 7) is 8.07. The van der Waals surface area contributed by atoms with Crippen LogP contribution in [-0.2, 0) is 4.79 Å². The van der Waals surface area contributed by atoms with Crippen LogP contribution in [0, 0.1) is 0 Å². The highest BCUT2D eigenvalue weighted by Crippen LogP contribution is 1.91. The van der Waals surface area contributed by atoms with Gasteiger partial charge in [0.05, 0.1) is 6.17 Å². The van der Waals surface area contributed by atoms with Gasteiger partial charge >= 0.3 is 0 Å². The average molecular weight is 144 g/mol. The monoisotopic (exact) mass is 144 g/mol. The second kappa shape index (κ2) is 5.23. The lowest BCUT2D eigenvalue weighted by Gasteiger charge is -2.25. The van der Waals surface area contributed by atoms with Crippen LogP contribution >= 0.6 is 0 Å². The van der Waals surface area contributed by atoms with E-state index in [0.717, 1.165) is 19.5 Å². The molecule has 0 bridgehead atoms. The predicted octanol–water partition coefficient (Wildman–Crippen LogP) is 0.420. The molecule has 1 amide bonds. The lowest BCUT2D eigenvalue weighted by atomic mass is 10.4. The summed E-state index contributed by atoms with van der Waals surface area (Å²) in [5.74, 6) is 0. The van der Waals surface area contributed by atoms with Crippen LogP contribution in [0.2, 0.25) is 0 Å². The van der Waals surface area contributed by atoms with Gasteiger partial charge in [-0.25, -0.2) is 0 Å². The molecule has 0 heterocycles. The topological polar surface area (TPSA) is 32.3 Å². The molecule has 0 saturated heterocycles. The SMILES string of the molecule is CCN(CC)C(C)NC=O. The fraction of sp³-hybridized carbons (Fsp3) is 0.857. The van der Waals surface area contributed by atoms with E-state index >= 15 is 0 Å². The first kappa shape index (κ1) is 9.43. The molecule has 0 aromatic carbocycles. The molecule has 1 unspecified atom stereocenters. The van der Waals surface area contributed by atoms with Crippen LogP contribution in [0.5, 0.6) is 0 Å². The summed E-state index contributed by atoms with van der Waals surface area (Å²) >= 11 is 0. The van der Waals surface area contributed by atoms with Crippen molar-refractivity contribution in [3.8, 4) is 0 Å². The number of carbonyl (C=O) groups is 1. The van der Waals surface area contributed by atoms with Gasteiger partial charge in [0.25, 0.3) is 0 Å². The second-order valence-corrected chi connectivity index (χ2v) is 2.18. The maximum absolute atomic E-state index is 10.0. The predicted molar refractivity (Wildman–Crippen MR) is 41.6 cm³/mol. The molecular formula is C7H16N2O. The summed E-state index contributed by atoms with van der Waals surface area (Å²) in [7, 11) is 0. The van der Waals surface area contributed by atoms with Crippen LogP contribution in [0.4, 0.5) is 0 Å². The Morgan fingerprint density at radius 2 is 2.00 bits per heavy atom. The summed E-state index contributed by atoms with van der Waals surface area (Å²) in [4.78, 5) is 12.2. The second-order valence-electron chi connectivity index (χ2n) is 2.18. The van der Waals surface area contributed by atoms with Crippen molar-refractivity contribution in [1.29, 1.82) is 0 Å². The van der Waals surface area contributed by atoms with Crippen molar-refractivity contribution in [2.24, 2.45) is 0 Å². The fourth-order valence-corrected chi connectivity index (χ4v) is 0.975. The highest BCUT2D eigenvalue weighted by atomic mass is 16.1. The quantitative estimate of drug-likeness (QED) is 0.448. The Labute approximate surface area is 62.4 Å². The number of carbonyl (C=O) groups excluding carboxylic acids is 1. The number of nitrogens with zero attached hydrogens (tertiary/aromatic N) is 1. The van der Waals surface area contributed by atoms with Crippen LogP contribution in [0.3, 0.4) is 0 Å². The molecule has 0 radical (unpaired) electrons. The van der Waals surface area contributed by atoms with E-state index in [0.29, 0.717) is 0 Å². The molecule has 0 aromatic rings. The third-order valence-electron chi connectivity index (χ3n) is 1.67. The summed E-state index contributed by atoms with van der Waals surface area (Å²) < 4.78 is 0. The molecule has 60 valence electrons. The van der Waals surface area contributed by atoms with E-state index in [1.165, 1.54) is 0 Å². The van der Waals surface area contributed by atoms with Crippen LogP contribution in [0.1, 0.15) is 20.8 Å². The molecule has 0 rings (SSSR count). The zero-order valence-electron chi connectivity index (χ0n) is 6.92. The Bertz CT molecular complexity index is 91.6. The third-order valence-corrected chi connectivity index (χ3v) is 1.67. The van der Waals surface area contributed by atoms with Gasteiger partial charge in [0.1, 0.15) is 0 Å². The van der Waals surface area contributed by atoms with Crippen molar-refractivity contribution in [2.45, 2.75) is 26.9 Å². The summed E-state index contributed by atoms with van der Waals surface area (Å²) in [5.41, 5.74) is 0. The van der Waals surface area contributed by atoms with Gasteiger partial charge in [-0.05, 0) is 20.0 Å². The molecule has 0 aliphatic heterocycles. The first-order chi connectivity index (χ1) is 4.76. The van der Waals surface area contributed by atoms with Crippen molar-refractivity contribution in [3.63, 3.8) is 0 Å². The summed E-state index contributed by atoms with van der Waals surface area (Å²) in [6, 6.07) is 0. The molecule has 1 N–H and O–H groups in total. The number of rotatable bonds is 5. The van der Waals surface area contributed by atoms with Crippen molar-refractivity contribution in [1.82, 2.24) is 10.2 Å². The Hall–Kier alpha value is -0.570. The van der Waals surface area contributed by atoms with Gasteiger partial charge in [-0.3, -0.25) is 9.69 Å². The van der Waals surface area contributed by atoms with Gasteiger partial charge in [0.15, 0.2) is 0 Å². The standard InChI is InChI=1S/C7H16N2O/c1-4-9(5-2)7(3)8-6-10/h6-7H,4-5H2,1-3H3,(H,8,10). The first-order valence-electron chi connectivity index (χ1n) is 3.70. The van der Waals surface area contributed by atoms with Gasteiger partial charge in [-0.2, -0.15) is 0 Å². The number of hydrogen-bond acceptors (Lipinski definition) is 2. The minimum Gasteiger partial charge on any atom is -0.343 e. The molecule has 3 nitrogen and oxygen atoms in total. The molecule has 0 aliphatic carbocycles. The molecule has 0 spiro atoms. The highest BCUT2D eigenvalue weighted by Gasteiger charge is 2.06. The Morgan fingerprint density at radius 3 is 2.30 bits per heavy atom. The number of amides is 1. The van der Waals surface area contributed by atoms with Gasteiger partial charge in [0, 0.05) is 0 Å². The summed E-state index contributed by atoms with van der Waals surface area (Å²) in [6.07, 6.45) is 0.899. The average Bonchev–Trinajstić information content (AvgIpc) is 1.91. The smallest absolute Gasteiger partial charge is 0.208 e. The zero-order valence-corrected chi connectivity index (χ0v) is 6.92. The molecule has 0 saturated carbocycles. The Kier molecular flexibility index (Phi) is 4.94. The third kappa shape index (κ3) is 2.82. The number of hydrogen-bond donors (Lipinski definition) is 1. The van der Waals surface area contributed by atoms with Crippen molar-refractivity contribution in [3.05, 3.63) is 0 Å². The fourth-order valence-electron chi connectivity index (χ4n) is 0.975. The van der Waals surface area contributed by atoms with Gasteiger partial charge in [-0.15, -0.1) is 0 Å². The van der Waals surface area contributed by atoms with E-state index in [9.17, 15) is 4.79 Å². The Balaban J connectivity index is 3.63. The molecule has 0 fully saturated rings. The van der Waals surface area contributed by atoms with E-state index in [-0.39, 0.29) is 6.17 Å². The van der Waals surface area contributed by atoms with E-state index in [1.54, 1.807) is 0 Å². The van der Waals surface area contributed by atoms with Crippen LogP contribution in [0.25, 0.3) is 0 Å². The first-order valence-corrected chi connectivity index (χ1v) is 3.70. The lowest BCUT2D eigenvalue weighted by molar-refractivity contribution is -0.111. The lowest BCUT2D eigenvalue weighted by Crippen LogP contribution is -2.42. The van der Waals surface area contributed by atoms with E-state index < -0.39 is 0 Å². The van der Waals surface area contributed by atoms with E-state index in [4.69, 9.17) is 0 Å². The van der Waals surface area contributed by atoms with Crippen molar-refractivity contribution < 1.29 is 4.79 Å². The van der Waals surface area contributed by atoms with E-state index in [2.05, 4.69) is 24.1 Å². The molecule has 1 atom stereocenters. The van der Waals surface area contributed by atoms with Crippen LogP contribution < -0.4 is 5.32 Å². The molecule has 0 aromatic heterocycles. The van der Waals surface area contributed by atoms with Gasteiger partial charge in [0.2, 0.25) is 6.41 Å². The summed E-state index contributed by atoms with van der Waals surface area (Å²) in [5, 5.41) is 2.69. The maximum Gasteiger partial charge on any atom is 0.208 e. The van der Waals surface area contributed by atoms with Crippen LogP contribution in [0.15, 0.2) is 0 Å². The number of nitrogens with one attached hydrogen (secondary N) is 1. The van der Waals surface area contributed by atoms with Crippen molar-refractivity contribution >= 4 is 6.41 Å². The van der Waals surface area contributed by atoms with Gasteiger partial charge < -0.3 is 5.32 Å². The minimum atomic E-state index is 0.160. The minimum absolute atomic E-state index is 0.160. The maximum atomic E-state index is 10.0. The largest absolute Gasteiger partial charge is 0.343 e. The molecular weight excluding hydrogens is 128 g/mol. The van der Waals surface area contributed by atoms with Crippen molar-refractivity contribution in [2.75, 3.05) is 13.1 Å². The molecule has 0 aliphatic rings. The normalized spacial score (nSPS) is 13.2. The molecule has 3 heteroatoms. The van der Waals surface area contributed by atoms with E-state index in [1.807, 2.05) is 6.92 Å².